The molecule has 0 saturated heterocycles. The van der Waals surface area contributed by atoms with Crippen LogP contribution < -0.4 is 5.32 Å². The normalized spacial score (nSPS) is 16.9. The average Bonchev–Trinajstić information content (AvgIpc) is 2.80. The molecule has 0 heterocycles. The lowest BCUT2D eigenvalue weighted by molar-refractivity contribution is 0.523. The highest BCUT2D eigenvalue weighted by molar-refractivity contribution is 5.32. The first-order valence-electron chi connectivity index (χ1n) is 6.99. The molecule has 1 heteroatoms. The van der Waals surface area contributed by atoms with Crippen molar-refractivity contribution < 1.29 is 0 Å². The molecular weight excluding hydrogens is 206 g/mol. The van der Waals surface area contributed by atoms with Crippen molar-refractivity contribution in [2.45, 2.75) is 65.0 Å². The fourth-order valence-electron chi connectivity index (χ4n) is 2.63. The summed E-state index contributed by atoms with van der Waals surface area (Å²) in [4.78, 5) is 0. The standard InChI is InChI=1S/C16H25N/c1-12(2)14-9-8-13(3)15(10-14)11-17-16-6-4-5-7-16/h8-10,12,16-17H,4-7,11H2,1-3H3. The second-order valence-corrected chi connectivity index (χ2v) is 5.70. The summed E-state index contributed by atoms with van der Waals surface area (Å²) in [6.45, 7) is 7.78. The summed E-state index contributed by atoms with van der Waals surface area (Å²) in [5.41, 5.74) is 4.35. The van der Waals surface area contributed by atoms with Crippen LogP contribution in [0.5, 0.6) is 0 Å². The molecule has 1 aromatic rings. The highest BCUT2D eigenvalue weighted by Gasteiger charge is 2.14. The second kappa shape index (κ2) is 5.68. The minimum absolute atomic E-state index is 0.626. The molecule has 2 rings (SSSR count). The summed E-state index contributed by atoms with van der Waals surface area (Å²) in [5, 5.41) is 3.70. The van der Waals surface area contributed by atoms with E-state index in [4.69, 9.17) is 0 Å². The highest BCUT2D eigenvalue weighted by atomic mass is 14.9. The van der Waals surface area contributed by atoms with Crippen molar-refractivity contribution in [3.63, 3.8) is 0 Å². The topological polar surface area (TPSA) is 12.0 Å². The first-order valence-corrected chi connectivity index (χ1v) is 6.99. The van der Waals surface area contributed by atoms with E-state index in [1.165, 1.54) is 42.4 Å². The van der Waals surface area contributed by atoms with Crippen LogP contribution in [0.2, 0.25) is 0 Å². The summed E-state index contributed by atoms with van der Waals surface area (Å²) in [6.07, 6.45) is 5.54. The number of benzene rings is 1. The first kappa shape index (κ1) is 12.6. The van der Waals surface area contributed by atoms with Gasteiger partial charge in [-0.15, -0.1) is 0 Å². The summed E-state index contributed by atoms with van der Waals surface area (Å²) in [6, 6.07) is 7.67. The number of nitrogens with one attached hydrogen (secondary N) is 1. The third-order valence-electron chi connectivity index (χ3n) is 3.98. The van der Waals surface area contributed by atoms with Crippen molar-refractivity contribution in [2.24, 2.45) is 0 Å². The van der Waals surface area contributed by atoms with Crippen molar-refractivity contribution in [3.8, 4) is 0 Å². The molecule has 1 N–H and O–H groups in total. The summed E-state index contributed by atoms with van der Waals surface area (Å²) >= 11 is 0. The van der Waals surface area contributed by atoms with Gasteiger partial charge in [-0.25, -0.2) is 0 Å². The van der Waals surface area contributed by atoms with Crippen LogP contribution >= 0.6 is 0 Å². The molecule has 17 heavy (non-hydrogen) atoms. The molecule has 0 unspecified atom stereocenters. The maximum absolute atomic E-state index is 3.70. The largest absolute Gasteiger partial charge is 0.310 e. The van der Waals surface area contributed by atoms with Gasteiger partial charge in [-0.05, 0) is 42.4 Å². The van der Waals surface area contributed by atoms with Crippen molar-refractivity contribution >= 4 is 0 Å². The number of rotatable bonds is 4. The molecule has 0 aliphatic heterocycles. The van der Waals surface area contributed by atoms with Crippen molar-refractivity contribution in [2.75, 3.05) is 0 Å². The van der Waals surface area contributed by atoms with Crippen molar-refractivity contribution in [1.82, 2.24) is 5.32 Å². The lowest BCUT2D eigenvalue weighted by Crippen LogP contribution is -2.25. The maximum atomic E-state index is 3.70. The van der Waals surface area contributed by atoms with E-state index in [2.05, 4.69) is 44.3 Å². The lowest BCUT2D eigenvalue weighted by atomic mass is 9.97. The van der Waals surface area contributed by atoms with Crippen LogP contribution in [0.4, 0.5) is 0 Å². The van der Waals surface area contributed by atoms with Crippen LogP contribution in [0.3, 0.4) is 0 Å². The van der Waals surface area contributed by atoms with E-state index in [1.54, 1.807) is 0 Å². The molecular formula is C16H25N. The van der Waals surface area contributed by atoms with Crippen LogP contribution in [0.15, 0.2) is 18.2 Å². The van der Waals surface area contributed by atoms with Gasteiger partial charge in [-0.1, -0.05) is 44.9 Å². The van der Waals surface area contributed by atoms with E-state index in [0.717, 1.165) is 12.6 Å². The Morgan fingerprint density at radius 3 is 2.59 bits per heavy atom. The van der Waals surface area contributed by atoms with Crippen LogP contribution in [0.1, 0.15) is 62.1 Å². The fraction of sp³-hybridized carbons (Fsp3) is 0.625. The predicted molar refractivity (Wildman–Crippen MR) is 74.4 cm³/mol. The maximum Gasteiger partial charge on any atom is 0.0210 e. The van der Waals surface area contributed by atoms with Gasteiger partial charge in [0, 0.05) is 12.6 Å². The Balaban J connectivity index is 2.00. The van der Waals surface area contributed by atoms with Gasteiger partial charge in [0.2, 0.25) is 0 Å². The Labute approximate surface area is 106 Å². The Bertz CT molecular complexity index is 362. The number of hydrogen-bond donors (Lipinski definition) is 1. The van der Waals surface area contributed by atoms with Gasteiger partial charge in [0.1, 0.15) is 0 Å². The molecule has 0 aromatic heterocycles. The molecule has 0 spiro atoms. The minimum Gasteiger partial charge on any atom is -0.310 e. The molecule has 1 fully saturated rings. The molecule has 1 aliphatic rings. The van der Waals surface area contributed by atoms with E-state index in [9.17, 15) is 0 Å². The van der Waals surface area contributed by atoms with E-state index in [-0.39, 0.29) is 0 Å². The van der Waals surface area contributed by atoms with Gasteiger partial charge in [0.05, 0.1) is 0 Å². The van der Waals surface area contributed by atoms with Gasteiger partial charge in [-0.3, -0.25) is 0 Å². The van der Waals surface area contributed by atoms with Gasteiger partial charge < -0.3 is 5.32 Å². The van der Waals surface area contributed by atoms with Crippen LogP contribution in [-0.4, -0.2) is 6.04 Å². The minimum atomic E-state index is 0.626. The average molecular weight is 231 g/mol. The number of aryl methyl sites for hydroxylation is 1. The summed E-state index contributed by atoms with van der Waals surface area (Å²) in [5.74, 6) is 0.626. The SMILES string of the molecule is Cc1ccc(C(C)C)cc1CNC1CCCC1. The quantitative estimate of drug-likeness (QED) is 0.821. The van der Waals surface area contributed by atoms with Crippen molar-refractivity contribution in [3.05, 3.63) is 34.9 Å². The second-order valence-electron chi connectivity index (χ2n) is 5.70. The molecule has 1 aliphatic carbocycles. The predicted octanol–water partition coefficient (Wildman–Crippen LogP) is 4.15. The van der Waals surface area contributed by atoms with Gasteiger partial charge in [0.25, 0.3) is 0 Å². The Morgan fingerprint density at radius 1 is 1.24 bits per heavy atom. The third-order valence-corrected chi connectivity index (χ3v) is 3.98. The zero-order valence-corrected chi connectivity index (χ0v) is 11.4. The molecule has 1 saturated carbocycles. The van der Waals surface area contributed by atoms with Crippen LogP contribution in [0, 0.1) is 6.92 Å². The van der Waals surface area contributed by atoms with E-state index >= 15 is 0 Å². The van der Waals surface area contributed by atoms with Gasteiger partial charge >= 0.3 is 0 Å². The lowest BCUT2D eigenvalue weighted by Gasteiger charge is -2.15. The molecule has 1 aromatic carbocycles. The number of hydrogen-bond acceptors (Lipinski definition) is 1. The molecule has 0 amide bonds. The fourth-order valence-corrected chi connectivity index (χ4v) is 2.63. The molecule has 0 atom stereocenters. The monoisotopic (exact) mass is 231 g/mol. The van der Waals surface area contributed by atoms with E-state index in [1.807, 2.05) is 0 Å². The Hall–Kier alpha value is -0.820. The Morgan fingerprint density at radius 2 is 1.94 bits per heavy atom. The summed E-state index contributed by atoms with van der Waals surface area (Å²) < 4.78 is 0. The molecule has 0 bridgehead atoms. The third kappa shape index (κ3) is 3.32. The molecule has 0 radical (unpaired) electrons. The Kier molecular flexibility index (Phi) is 4.22. The van der Waals surface area contributed by atoms with E-state index in [0.29, 0.717) is 5.92 Å². The zero-order chi connectivity index (χ0) is 12.3. The van der Waals surface area contributed by atoms with Gasteiger partial charge in [0.15, 0.2) is 0 Å². The smallest absolute Gasteiger partial charge is 0.0210 e. The summed E-state index contributed by atoms with van der Waals surface area (Å²) in [7, 11) is 0. The van der Waals surface area contributed by atoms with Crippen LogP contribution in [-0.2, 0) is 6.54 Å². The highest BCUT2D eigenvalue weighted by Crippen LogP contribution is 2.21. The molecule has 1 nitrogen and oxygen atoms in total. The first-order chi connectivity index (χ1) is 8.16. The van der Waals surface area contributed by atoms with Gasteiger partial charge in [-0.2, -0.15) is 0 Å². The van der Waals surface area contributed by atoms with E-state index < -0.39 is 0 Å². The van der Waals surface area contributed by atoms with Crippen LogP contribution in [0.25, 0.3) is 0 Å². The van der Waals surface area contributed by atoms with Crippen molar-refractivity contribution in [1.29, 1.82) is 0 Å². The molecule has 94 valence electrons. The zero-order valence-electron chi connectivity index (χ0n) is 11.4.